The molecule has 2 aliphatic rings. The summed E-state index contributed by atoms with van der Waals surface area (Å²) in [5, 5.41) is 4.61. The molecule has 0 N–H and O–H groups in total. The molecule has 0 radical (unpaired) electrons. The predicted molar refractivity (Wildman–Crippen MR) is 266 cm³/mol. The van der Waals surface area contributed by atoms with Gasteiger partial charge in [0.2, 0.25) is 0 Å². The van der Waals surface area contributed by atoms with E-state index < -0.39 is 5.41 Å². The van der Waals surface area contributed by atoms with Gasteiger partial charge in [0.25, 0.3) is 0 Å². The van der Waals surface area contributed by atoms with E-state index in [4.69, 9.17) is 4.42 Å². The molecule has 2 aliphatic carbocycles. The highest BCUT2D eigenvalue weighted by Crippen LogP contribution is 2.60. The Balaban J connectivity index is 1.11. The number of benzene rings is 10. The van der Waals surface area contributed by atoms with Gasteiger partial charge in [0.15, 0.2) is 0 Å². The lowest BCUT2D eigenvalue weighted by atomic mass is 9.68. The molecule has 1 heterocycles. The van der Waals surface area contributed by atoms with Crippen molar-refractivity contribution in [2.24, 2.45) is 0 Å². The summed E-state index contributed by atoms with van der Waals surface area (Å²) in [7, 11) is 0. The third-order valence-corrected chi connectivity index (χ3v) is 14.3. The number of rotatable bonds is 6. The molecule has 2 nitrogen and oxygen atoms in total. The Kier molecular flexibility index (Phi) is 7.90. The second-order valence-corrected chi connectivity index (χ2v) is 18.0. The van der Waals surface area contributed by atoms with Crippen molar-refractivity contribution >= 4 is 49.8 Å². The molecule has 0 amide bonds. The number of hydrogen-bond acceptors (Lipinski definition) is 2. The van der Waals surface area contributed by atoms with Gasteiger partial charge in [-0.1, -0.05) is 202 Å². The second-order valence-electron chi connectivity index (χ2n) is 18.0. The molecule has 13 rings (SSSR count). The molecule has 0 fully saturated rings. The van der Waals surface area contributed by atoms with Crippen LogP contribution < -0.4 is 4.90 Å². The van der Waals surface area contributed by atoms with Crippen LogP contribution in [0.2, 0.25) is 0 Å². The van der Waals surface area contributed by atoms with E-state index in [0.29, 0.717) is 0 Å². The van der Waals surface area contributed by atoms with Crippen molar-refractivity contribution in [2.75, 3.05) is 4.90 Å². The molecule has 64 heavy (non-hydrogen) atoms. The highest BCUT2D eigenvalue weighted by molar-refractivity contribution is 6.14. The Hall–Kier alpha value is -7.94. The molecule has 0 unspecified atom stereocenters. The molecular weight excluding hydrogens is 775 g/mol. The standard InChI is InChI=1S/C62H43NO/c1-61(2)52-30-14-11-25-45(52)46-36-35-44(39-55(46)61)63(56-33-16-13-26-47(56)48-28-17-29-49-51-37-40-19-9-10-20-41(40)38-58(51)64-60(48)49)57-34-18-32-54-59(57)50-27-12-15-31-53(50)62(54,42-21-5-3-6-22-42)43-23-7-4-8-24-43/h3-39H,1-2H3. The minimum atomic E-state index is -0.541. The Morgan fingerprint density at radius 1 is 0.375 bits per heavy atom. The molecule has 302 valence electrons. The van der Waals surface area contributed by atoms with Crippen molar-refractivity contribution in [1.82, 2.24) is 0 Å². The third kappa shape index (κ3) is 5.08. The minimum absolute atomic E-state index is 0.183. The third-order valence-electron chi connectivity index (χ3n) is 14.3. The molecule has 0 aliphatic heterocycles. The first kappa shape index (κ1) is 36.7. The van der Waals surface area contributed by atoms with Crippen LogP contribution in [0, 0.1) is 0 Å². The first-order valence-electron chi connectivity index (χ1n) is 22.3. The number of furan rings is 1. The van der Waals surface area contributed by atoms with Crippen LogP contribution >= 0.6 is 0 Å². The van der Waals surface area contributed by atoms with Gasteiger partial charge in [-0.05, 0) is 97.2 Å². The van der Waals surface area contributed by atoms with Crippen LogP contribution in [0.5, 0.6) is 0 Å². The van der Waals surface area contributed by atoms with Gasteiger partial charge >= 0.3 is 0 Å². The van der Waals surface area contributed by atoms with Gasteiger partial charge in [0.05, 0.1) is 16.8 Å². The van der Waals surface area contributed by atoms with E-state index in [2.05, 4.69) is 243 Å². The van der Waals surface area contributed by atoms with Crippen molar-refractivity contribution in [3.05, 3.63) is 258 Å². The molecule has 0 atom stereocenters. The largest absolute Gasteiger partial charge is 0.455 e. The topological polar surface area (TPSA) is 16.4 Å². The van der Waals surface area contributed by atoms with Gasteiger partial charge in [-0.2, -0.15) is 0 Å². The van der Waals surface area contributed by atoms with Crippen LogP contribution in [0.4, 0.5) is 17.1 Å². The smallest absolute Gasteiger partial charge is 0.143 e. The van der Waals surface area contributed by atoms with Gasteiger partial charge < -0.3 is 9.32 Å². The molecule has 0 saturated heterocycles. The summed E-state index contributed by atoms with van der Waals surface area (Å²) < 4.78 is 6.94. The summed E-state index contributed by atoms with van der Waals surface area (Å²) in [5.41, 5.74) is 19.4. The summed E-state index contributed by atoms with van der Waals surface area (Å²) in [4.78, 5) is 2.53. The summed E-state index contributed by atoms with van der Waals surface area (Å²) in [6, 6.07) is 82.8. The first-order valence-corrected chi connectivity index (χ1v) is 22.3. The first-order chi connectivity index (χ1) is 31.5. The summed E-state index contributed by atoms with van der Waals surface area (Å²) >= 11 is 0. The van der Waals surface area contributed by atoms with E-state index in [0.717, 1.165) is 50.1 Å². The molecule has 11 aromatic rings. The molecule has 0 spiro atoms. The number of anilines is 3. The fourth-order valence-corrected chi connectivity index (χ4v) is 11.5. The Labute approximate surface area is 373 Å². The van der Waals surface area contributed by atoms with Crippen molar-refractivity contribution in [1.29, 1.82) is 0 Å². The van der Waals surface area contributed by atoms with Gasteiger partial charge in [0, 0.05) is 38.6 Å². The molecule has 0 saturated carbocycles. The maximum absolute atomic E-state index is 6.94. The zero-order valence-electron chi connectivity index (χ0n) is 35.7. The van der Waals surface area contributed by atoms with Crippen molar-refractivity contribution in [3.63, 3.8) is 0 Å². The Bertz CT molecular complexity index is 3610. The highest BCUT2D eigenvalue weighted by Gasteiger charge is 2.47. The normalized spacial score (nSPS) is 14.0. The van der Waals surface area contributed by atoms with Gasteiger partial charge in [-0.15, -0.1) is 0 Å². The van der Waals surface area contributed by atoms with Crippen LogP contribution in [0.25, 0.3) is 66.1 Å². The zero-order chi connectivity index (χ0) is 42.6. The minimum Gasteiger partial charge on any atom is -0.455 e. The van der Waals surface area contributed by atoms with Crippen LogP contribution in [0.3, 0.4) is 0 Å². The number of fused-ring (bicyclic) bond motifs is 10. The van der Waals surface area contributed by atoms with Crippen LogP contribution in [0.15, 0.2) is 229 Å². The number of nitrogens with zero attached hydrogens (tertiary/aromatic N) is 1. The van der Waals surface area contributed by atoms with E-state index in [1.54, 1.807) is 0 Å². The van der Waals surface area contributed by atoms with E-state index in [1.807, 2.05) is 0 Å². The van der Waals surface area contributed by atoms with Gasteiger partial charge in [-0.3, -0.25) is 0 Å². The van der Waals surface area contributed by atoms with Crippen molar-refractivity contribution in [3.8, 4) is 33.4 Å². The maximum atomic E-state index is 6.94. The van der Waals surface area contributed by atoms with Crippen LogP contribution in [0.1, 0.15) is 47.2 Å². The van der Waals surface area contributed by atoms with Gasteiger partial charge in [-0.25, -0.2) is 0 Å². The zero-order valence-corrected chi connectivity index (χ0v) is 35.7. The van der Waals surface area contributed by atoms with E-state index in [9.17, 15) is 0 Å². The number of para-hydroxylation sites is 2. The van der Waals surface area contributed by atoms with Gasteiger partial charge in [0.1, 0.15) is 11.2 Å². The average molecular weight is 818 g/mol. The quantitative estimate of drug-likeness (QED) is 0.166. The molecular formula is C62H43NO. The van der Waals surface area contributed by atoms with E-state index in [1.165, 1.54) is 66.4 Å². The van der Waals surface area contributed by atoms with Crippen LogP contribution in [-0.4, -0.2) is 0 Å². The lowest BCUT2D eigenvalue weighted by Crippen LogP contribution is -2.28. The monoisotopic (exact) mass is 817 g/mol. The summed E-state index contributed by atoms with van der Waals surface area (Å²) in [6.07, 6.45) is 0. The van der Waals surface area contributed by atoms with Crippen molar-refractivity contribution < 1.29 is 4.42 Å². The summed E-state index contributed by atoms with van der Waals surface area (Å²) in [5.74, 6) is 0. The molecule has 10 aromatic carbocycles. The second kappa shape index (κ2) is 13.8. The van der Waals surface area contributed by atoms with Crippen LogP contribution in [-0.2, 0) is 10.8 Å². The predicted octanol–water partition coefficient (Wildman–Crippen LogP) is 16.5. The maximum Gasteiger partial charge on any atom is 0.143 e. The highest BCUT2D eigenvalue weighted by atomic mass is 16.3. The average Bonchev–Trinajstić information content (AvgIpc) is 3.95. The Morgan fingerprint density at radius 3 is 1.70 bits per heavy atom. The lowest BCUT2D eigenvalue weighted by molar-refractivity contribution is 0.660. The fourth-order valence-electron chi connectivity index (χ4n) is 11.5. The SMILES string of the molecule is CC1(C)c2ccccc2-c2ccc(N(c3ccccc3-c3cccc4c3oc3cc5ccccc5cc34)c3cccc4c3-c3ccccc3C4(c3ccccc3)c3ccccc3)cc21. The lowest BCUT2D eigenvalue weighted by Gasteiger charge is -2.35. The fraction of sp³-hybridized carbons (Fsp3) is 0.0645. The molecule has 0 bridgehead atoms. The molecule has 1 aromatic heterocycles. The van der Waals surface area contributed by atoms with E-state index >= 15 is 0 Å². The Morgan fingerprint density at radius 2 is 0.938 bits per heavy atom. The number of hydrogen-bond donors (Lipinski definition) is 0. The van der Waals surface area contributed by atoms with E-state index in [-0.39, 0.29) is 5.41 Å². The molecule has 2 heteroatoms. The van der Waals surface area contributed by atoms with Crippen molar-refractivity contribution in [2.45, 2.75) is 24.7 Å². The summed E-state index contributed by atoms with van der Waals surface area (Å²) in [6.45, 7) is 4.74.